The maximum atomic E-state index is 15.4. The van der Waals surface area contributed by atoms with Crippen LogP contribution in [-0.4, -0.2) is 41.6 Å². The summed E-state index contributed by atoms with van der Waals surface area (Å²) in [6, 6.07) is 25.8. The van der Waals surface area contributed by atoms with E-state index in [2.05, 4.69) is 0 Å². The molecule has 4 aliphatic rings. The van der Waals surface area contributed by atoms with Crippen LogP contribution >= 0.6 is 34.2 Å². The molecule has 2 aliphatic carbocycles. The molecule has 6 unspecified atom stereocenters. The lowest BCUT2D eigenvalue weighted by Crippen LogP contribution is -2.53. The van der Waals surface area contributed by atoms with Crippen LogP contribution < -0.4 is 14.5 Å². The van der Waals surface area contributed by atoms with E-state index in [0.29, 0.717) is 36.7 Å². The first-order valence-corrected chi connectivity index (χ1v) is 18.4. The first-order valence-electron chi connectivity index (χ1n) is 16.9. The second-order valence-electron chi connectivity index (χ2n) is 13.8. The Balaban J connectivity index is 1.35. The number of hydrogen-bond acceptors (Lipinski definition) is 7. The van der Waals surface area contributed by atoms with Gasteiger partial charge < -0.3 is 9.84 Å². The lowest BCUT2D eigenvalue weighted by Gasteiger charge is -2.50. The number of carbonyl (C=O) groups excluding carboxylic acids is 5. The van der Waals surface area contributed by atoms with Crippen molar-refractivity contribution in [2.24, 2.45) is 23.7 Å². The zero-order valence-electron chi connectivity index (χ0n) is 28.1. The van der Waals surface area contributed by atoms with Crippen molar-refractivity contribution >= 4 is 75.0 Å². The molecule has 262 valence electrons. The number of ketones is 1. The molecule has 1 N–H and O–H groups in total. The summed E-state index contributed by atoms with van der Waals surface area (Å²) in [7, 11) is 1.45. The molecule has 0 bridgehead atoms. The van der Waals surface area contributed by atoms with E-state index in [-0.39, 0.29) is 41.9 Å². The summed E-state index contributed by atoms with van der Waals surface area (Å²) in [4.78, 5) is 73.4. The summed E-state index contributed by atoms with van der Waals surface area (Å²) >= 11 is 8.43. The molecule has 2 aliphatic heterocycles. The monoisotopic (exact) mass is 826 g/mol. The van der Waals surface area contributed by atoms with Gasteiger partial charge in [0.05, 0.1) is 45.2 Å². The van der Waals surface area contributed by atoms with Crippen molar-refractivity contribution in [2.75, 3.05) is 16.9 Å². The smallest absolute Gasteiger partial charge is 0.246 e. The summed E-state index contributed by atoms with van der Waals surface area (Å²) in [6.07, 6.45) is 2.38. The molecule has 3 fully saturated rings. The number of phenolic OH excluding ortho intramolecular Hbond substituents is 1. The van der Waals surface area contributed by atoms with E-state index < -0.39 is 46.8 Å². The highest BCUT2D eigenvalue weighted by Gasteiger charge is 2.70. The number of phenols is 1. The molecule has 2 heterocycles. The minimum atomic E-state index is -1.46. The van der Waals surface area contributed by atoms with Gasteiger partial charge in [-0.15, -0.1) is 0 Å². The molecule has 4 amide bonds. The Morgan fingerprint density at radius 2 is 1.60 bits per heavy atom. The predicted molar refractivity (Wildman–Crippen MR) is 202 cm³/mol. The predicted octanol–water partition coefficient (Wildman–Crippen LogP) is 7.23. The van der Waals surface area contributed by atoms with E-state index in [1.165, 1.54) is 23.8 Å². The molecule has 9 nitrogen and oxygen atoms in total. The SMILES string of the molecule is COc1cc(C2C3=CCC4C(=O)N(c5ccc(C(C)=O)cc5)C(=O)C4C3CC3C(=O)N(c4cccc(Cl)c4)C(=O)C32c2ccccc2)cc(I)c1O. The third-order valence-electron chi connectivity index (χ3n) is 11.3. The fourth-order valence-corrected chi connectivity index (χ4v) is 9.94. The van der Waals surface area contributed by atoms with E-state index in [4.69, 9.17) is 16.3 Å². The van der Waals surface area contributed by atoms with Gasteiger partial charge >= 0.3 is 0 Å². The summed E-state index contributed by atoms with van der Waals surface area (Å²) in [6.45, 7) is 1.45. The van der Waals surface area contributed by atoms with Crippen LogP contribution in [-0.2, 0) is 24.6 Å². The topological polar surface area (TPSA) is 121 Å². The molecule has 0 spiro atoms. The van der Waals surface area contributed by atoms with Crippen molar-refractivity contribution in [3.05, 3.63) is 128 Å². The highest BCUT2D eigenvalue weighted by Crippen LogP contribution is 2.65. The Morgan fingerprint density at radius 3 is 2.27 bits per heavy atom. The number of imide groups is 2. The first-order chi connectivity index (χ1) is 25.0. The average Bonchev–Trinajstić information content (AvgIpc) is 3.53. The van der Waals surface area contributed by atoms with Gasteiger partial charge in [-0.3, -0.25) is 28.9 Å². The number of amides is 4. The maximum Gasteiger partial charge on any atom is 0.246 e. The minimum Gasteiger partial charge on any atom is -0.504 e. The standard InChI is InChI=1S/C41H32ClIN2O7/c1-21(46)22-11-13-26(14-12-22)44-37(48)29-16-15-28-30(34(29)39(44)50)20-31-38(49)45(27-10-6-9-25(42)19-27)40(51)41(31,24-7-4-3-5-8-24)35(28)23-17-32(43)36(47)33(18-23)52-2/h3-15,17-19,29-31,34-35,47H,16,20H2,1-2H3. The van der Waals surface area contributed by atoms with Gasteiger partial charge in [0.15, 0.2) is 17.3 Å². The van der Waals surface area contributed by atoms with Crippen LogP contribution in [0, 0.1) is 27.2 Å². The number of allylic oxidation sites excluding steroid dienone is 2. The number of benzene rings is 4. The summed E-state index contributed by atoms with van der Waals surface area (Å²) in [5, 5.41) is 11.3. The van der Waals surface area contributed by atoms with Crippen LogP contribution in [0.2, 0.25) is 5.02 Å². The van der Waals surface area contributed by atoms with Crippen molar-refractivity contribution in [1.82, 2.24) is 0 Å². The fraction of sp³-hybridized carbons (Fsp3) is 0.244. The van der Waals surface area contributed by atoms with Gasteiger partial charge in [0.2, 0.25) is 23.6 Å². The Morgan fingerprint density at radius 1 is 0.865 bits per heavy atom. The van der Waals surface area contributed by atoms with E-state index in [0.717, 1.165) is 5.57 Å². The van der Waals surface area contributed by atoms with Crippen molar-refractivity contribution in [2.45, 2.75) is 31.1 Å². The van der Waals surface area contributed by atoms with Crippen molar-refractivity contribution < 1.29 is 33.8 Å². The van der Waals surface area contributed by atoms with Gasteiger partial charge in [0.25, 0.3) is 0 Å². The number of halogens is 2. The number of methoxy groups -OCH3 is 1. The fourth-order valence-electron chi connectivity index (χ4n) is 9.13. The highest BCUT2D eigenvalue weighted by atomic mass is 127. The molecule has 2 saturated heterocycles. The Bertz CT molecular complexity index is 2240. The van der Waals surface area contributed by atoms with E-state index in [9.17, 15) is 24.3 Å². The van der Waals surface area contributed by atoms with Gasteiger partial charge in [0.1, 0.15) is 0 Å². The van der Waals surface area contributed by atoms with Crippen LogP contribution in [0.4, 0.5) is 11.4 Å². The van der Waals surface area contributed by atoms with E-state index in [1.54, 1.807) is 60.7 Å². The maximum absolute atomic E-state index is 15.4. The molecular weight excluding hydrogens is 795 g/mol. The molecule has 0 radical (unpaired) electrons. The van der Waals surface area contributed by atoms with Gasteiger partial charge in [-0.05, 0) is 114 Å². The number of carbonyl (C=O) groups is 5. The second kappa shape index (κ2) is 12.7. The van der Waals surface area contributed by atoms with Crippen LogP contribution in [0.3, 0.4) is 0 Å². The lowest BCUT2D eigenvalue weighted by atomic mass is 9.49. The van der Waals surface area contributed by atoms with Crippen LogP contribution in [0.15, 0.2) is 103 Å². The van der Waals surface area contributed by atoms with Gasteiger partial charge in [0, 0.05) is 16.5 Å². The number of ether oxygens (including phenoxy) is 1. The number of aromatic hydroxyl groups is 1. The molecule has 4 aromatic rings. The molecule has 0 aromatic heterocycles. The first kappa shape index (κ1) is 34.3. The molecule has 52 heavy (non-hydrogen) atoms. The quantitative estimate of drug-likeness (QED) is 0.0943. The van der Waals surface area contributed by atoms with Gasteiger partial charge in [-0.25, -0.2) is 4.90 Å². The summed E-state index contributed by atoms with van der Waals surface area (Å²) in [5.41, 5.74) is 1.76. The normalized spacial score (nSPS) is 26.5. The van der Waals surface area contributed by atoms with Gasteiger partial charge in [-0.1, -0.05) is 59.6 Å². The van der Waals surface area contributed by atoms with Crippen LogP contribution in [0.1, 0.15) is 47.2 Å². The number of nitrogens with zero attached hydrogens (tertiary/aromatic N) is 2. The van der Waals surface area contributed by atoms with Crippen molar-refractivity contribution in [3.63, 3.8) is 0 Å². The number of rotatable bonds is 6. The average molecular weight is 827 g/mol. The zero-order valence-corrected chi connectivity index (χ0v) is 31.0. The minimum absolute atomic E-state index is 0.0559. The molecule has 11 heteroatoms. The summed E-state index contributed by atoms with van der Waals surface area (Å²) < 4.78 is 6.09. The Labute approximate surface area is 318 Å². The number of Topliss-reactive ketones (excluding diaryl/α,β-unsaturated/α-hetero) is 1. The Kier molecular flexibility index (Phi) is 8.37. The highest BCUT2D eigenvalue weighted by molar-refractivity contribution is 14.1. The third-order valence-corrected chi connectivity index (χ3v) is 12.4. The van der Waals surface area contributed by atoms with Crippen molar-refractivity contribution in [1.29, 1.82) is 0 Å². The van der Waals surface area contributed by atoms with E-state index >= 15 is 4.79 Å². The zero-order chi connectivity index (χ0) is 36.6. The molecular formula is C41H32ClIN2O7. The second-order valence-corrected chi connectivity index (χ2v) is 15.4. The van der Waals surface area contributed by atoms with Crippen LogP contribution in [0.5, 0.6) is 11.5 Å². The molecule has 8 rings (SSSR count). The van der Waals surface area contributed by atoms with Crippen molar-refractivity contribution in [3.8, 4) is 11.5 Å². The number of hydrogen-bond donors (Lipinski definition) is 1. The molecule has 6 atom stereocenters. The number of fused-ring (bicyclic) bond motifs is 4. The Hall–Kier alpha value is -4.81. The largest absolute Gasteiger partial charge is 0.504 e. The molecule has 4 aromatic carbocycles. The van der Waals surface area contributed by atoms with Gasteiger partial charge in [-0.2, -0.15) is 0 Å². The number of anilines is 2. The van der Waals surface area contributed by atoms with Crippen LogP contribution in [0.25, 0.3) is 0 Å². The van der Waals surface area contributed by atoms with E-state index in [1.807, 2.05) is 59.0 Å². The molecule has 1 saturated carbocycles. The lowest BCUT2D eigenvalue weighted by molar-refractivity contribution is -0.127. The third kappa shape index (κ3) is 4.90. The summed E-state index contributed by atoms with van der Waals surface area (Å²) in [5.74, 6) is -5.31.